The SMILES string of the molecule is N#Cc1cc(C#N)cc(C(=O)NCc2cccs2)c1. The highest BCUT2D eigenvalue weighted by atomic mass is 32.1. The molecule has 0 aliphatic heterocycles. The summed E-state index contributed by atoms with van der Waals surface area (Å²) in [4.78, 5) is 13.0. The summed E-state index contributed by atoms with van der Waals surface area (Å²) in [5.41, 5.74) is 0.938. The maximum atomic E-state index is 12.0. The molecule has 1 N–H and O–H groups in total. The van der Waals surface area contributed by atoms with E-state index in [0.29, 0.717) is 23.2 Å². The van der Waals surface area contributed by atoms with Gasteiger partial charge in [-0.3, -0.25) is 4.79 Å². The number of hydrogen-bond donors (Lipinski definition) is 1. The fourth-order valence-corrected chi connectivity index (χ4v) is 2.21. The van der Waals surface area contributed by atoms with Gasteiger partial charge in [-0.2, -0.15) is 10.5 Å². The number of benzene rings is 1. The fourth-order valence-electron chi connectivity index (χ4n) is 1.57. The molecule has 0 bridgehead atoms. The molecule has 4 nitrogen and oxygen atoms in total. The molecule has 2 aromatic rings. The minimum absolute atomic E-state index is 0.290. The molecule has 1 amide bonds. The van der Waals surface area contributed by atoms with Crippen molar-refractivity contribution in [1.82, 2.24) is 5.32 Å². The molecule has 1 aromatic carbocycles. The fraction of sp³-hybridized carbons (Fsp3) is 0.0714. The summed E-state index contributed by atoms with van der Waals surface area (Å²) in [6.45, 7) is 0.440. The first-order chi connectivity index (χ1) is 9.22. The van der Waals surface area contributed by atoms with E-state index in [-0.39, 0.29) is 5.91 Å². The first-order valence-electron chi connectivity index (χ1n) is 5.49. The van der Waals surface area contributed by atoms with Crippen LogP contribution in [0.2, 0.25) is 0 Å². The molecule has 0 fully saturated rings. The molecule has 0 atom stereocenters. The first kappa shape index (κ1) is 12.8. The predicted octanol–water partition coefficient (Wildman–Crippen LogP) is 2.42. The Morgan fingerprint density at radius 1 is 1.21 bits per heavy atom. The van der Waals surface area contributed by atoms with Crippen LogP contribution in [-0.2, 0) is 6.54 Å². The van der Waals surface area contributed by atoms with Crippen molar-refractivity contribution in [2.75, 3.05) is 0 Å². The van der Waals surface area contributed by atoms with E-state index in [1.54, 1.807) is 11.3 Å². The van der Waals surface area contributed by atoms with Gasteiger partial charge >= 0.3 is 0 Å². The molecule has 0 radical (unpaired) electrons. The Bertz CT molecular complexity index is 645. The van der Waals surface area contributed by atoms with Gasteiger partial charge in [0.1, 0.15) is 0 Å². The number of nitrogens with one attached hydrogen (secondary N) is 1. The van der Waals surface area contributed by atoms with E-state index in [0.717, 1.165) is 4.88 Å². The van der Waals surface area contributed by atoms with Gasteiger partial charge in [-0.1, -0.05) is 6.07 Å². The van der Waals surface area contributed by atoms with Gasteiger partial charge < -0.3 is 5.32 Å². The average molecular weight is 267 g/mol. The summed E-state index contributed by atoms with van der Waals surface area (Å²) in [5.74, 6) is -0.290. The van der Waals surface area contributed by atoms with E-state index < -0.39 is 0 Å². The molecule has 1 aromatic heterocycles. The van der Waals surface area contributed by atoms with Gasteiger partial charge in [-0.05, 0) is 29.6 Å². The van der Waals surface area contributed by atoms with Crippen LogP contribution in [0.3, 0.4) is 0 Å². The highest BCUT2D eigenvalue weighted by Crippen LogP contribution is 2.11. The van der Waals surface area contributed by atoms with Crippen LogP contribution < -0.4 is 5.32 Å². The number of hydrogen-bond acceptors (Lipinski definition) is 4. The zero-order valence-electron chi connectivity index (χ0n) is 9.88. The molecule has 1 heterocycles. The summed E-state index contributed by atoms with van der Waals surface area (Å²) in [6.07, 6.45) is 0. The summed E-state index contributed by atoms with van der Waals surface area (Å²) in [5, 5.41) is 22.4. The Kier molecular flexibility index (Phi) is 3.92. The Hall–Kier alpha value is -2.63. The van der Waals surface area contributed by atoms with E-state index in [9.17, 15) is 4.79 Å². The Morgan fingerprint density at radius 2 is 1.89 bits per heavy atom. The number of amides is 1. The van der Waals surface area contributed by atoms with Crippen LogP contribution in [0.5, 0.6) is 0 Å². The predicted molar refractivity (Wildman–Crippen MR) is 71.4 cm³/mol. The van der Waals surface area contributed by atoms with Crippen molar-refractivity contribution in [1.29, 1.82) is 10.5 Å². The number of carbonyl (C=O) groups is 1. The monoisotopic (exact) mass is 267 g/mol. The van der Waals surface area contributed by atoms with Crippen molar-refractivity contribution < 1.29 is 4.79 Å². The van der Waals surface area contributed by atoms with Crippen LogP contribution in [0.1, 0.15) is 26.4 Å². The second kappa shape index (κ2) is 5.81. The lowest BCUT2D eigenvalue weighted by atomic mass is 10.1. The van der Waals surface area contributed by atoms with Gasteiger partial charge in [0.25, 0.3) is 5.91 Å². The Morgan fingerprint density at radius 3 is 2.42 bits per heavy atom. The van der Waals surface area contributed by atoms with Crippen LogP contribution in [0.25, 0.3) is 0 Å². The maximum Gasteiger partial charge on any atom is 0.251 e. The van der Waals surface area contributed by atoms with Gasteiger partial charge in [0, 0.05) is 10.4 Å². The molecule has 5 heteroatoms. The zero-order valence-corrected chi connectivity index (χ0v) is 10.7. The molecule has 2 rings (SSSR count). The van der Waals surface area contributed by atoms with Crippen LogP contribution in [0, 0.1) is 22.7 Å². The number of thiophene rings is 1. The molecule has 0 unspecified atom stereocenters. The third-order valence-electron chi connectivity index (χ3n) is 2.46. The topological polar surface area (TPSA) is 76.7 Å². The lowest BCUT2D eigenvalue weighted by molar-refractivity contribution is 0.0951. The number of nitriles is 2. The van der Waals surface area contributed by atoms with Gasteiger partial charge in [0.05, 0.1) is 29.8 Å². The molecule has 0 saturated heterocycles. The summed E-state index contributed by atoms with van der Waals surface area (Å²) >= 11 is 1.56. The summed E-state index contributed by atoms with van der Waals surface area (Å²) in [6, 6.07) is 12.1. The van der Waals surface area contributed by atoms with E-state index in [2.05, 4.69) is 5.32 Å². The molecule has 0 aliphatic carbocycles. The van der Waals surface area contributed by atoms with Crippen molar-refractivity contribution in [3.05, 3.63) is 57.3 Å². The van der Waals surface area contributed by atoms with Gasteiger partial charge in [-0.15, -0.1) is 11.3 Å². The lowest BCUT2D eigenvalue weighted by Crippen LogP contribution is -2.22. The van der Waals surface area contributed by atoms with E-state index in [1.165, 1.54) is 18.2 Å². The second-order valence-electron chi connectivity index (χ2n) is 3.78. The molecular formula is C14H9N3OS. The molecule has 92 valence electrons. The Labute approximate surface area is 114 Å². The standard InChI is InChI=1S/C14H9N3OS/c15-7-10-4-11(8-16)6-12(5-10)14(18)17-9-13-2-1-3-19-13/h1-6H,9H2,(H,17,18). The number of rotatable bonds is 3. The third kappa shape index (κ3) is 3.19. The normalized spacial score (nSPS) is 9.37. The van der Waals surface area contributed by atoms with Crippen molar-refractivity contribution in [3.63, 3.8) is 0 Å². The van der Waals surface area contributed by atoms with Gasteiger partial charge in [0.15, 0.2) is 0 Å². The van der Waals surface area contributed by atoms with Crippen molar-refractivity contribution >= 4 is 17.2 Å². The van der Waals surface area contributed by atoms with Crippen molar-refractivity contribution in [2.24, 2.45) is 0 Å². The van der Waals surface area contributed by atoms with Gasteiger partial charge in [-0.25, -0.2) is 0 Å². The zero-order chi connectivity index (χ0) is 13.7. The average Bonchev–Trinajstić information content (AvgIpc) is 2.97. The molecule has 0 saturated carbocycles. The molecule has 19 heavy (non-hydrogen) atoms. The van der Waals surface area contributed by atoms with E-state index in [4.69, 9.17) is 10.5 Å². The van der Waals surface area contributed by atoms with Gasteiger partial charge in [0.2, 0.25) is 0 Å². The summed E-state index contributed by atoms with van der Waals surface area (Å²) in [7, 11) is 0. The summed E-state index contributed by atoms with van der Waals surface area (Å²) < 4.78 is 0. The van der Waals surface area contributed by atoms with E-state index >= 15 is 0 Å². The minimum atomic E-state index is -0.290. The number of nitrogens with zero attached hydrogens (tertiary/aromatic N) is 2. The van der Waals surface area contributed by atoms with Crippen LogP contribution >= 0.6 is 11.3 Å². The quantitative estimate of drug-likeness (QED) is 0.927. The van der Waals surface area contributed by atoms with Crippen molar-refractivity contribution in [3.8, 4) is 12.1 Å². The molecule has 0 spiro atoms. The highest BCUT2D eigenvalue weighted by Gasteiger charge is 2.08. The number of carbonyl (C=O) groups excluding carboxylic acids is 1. The van der Waals surface area contributed by atoms with Crippen molar-refractivity contribution in [2.45, 2.75) is 6.54 Å². The molecule has 0 aliphatic rings. The second-order valence-corrected chi connectivity index (χ2v) is 4.82. The van der Waals surface area contributed by atoms with Crippen LogP contribution in [-0.4, -0.2) is 5.91 Å². The van der Waals surface area contributed by atoms with Crippen LogP contribution in [0.15, 0.2) is 35.7 Å². The lowest BCUT2D eigenvalue weighted by Gasteiger charge is -2.04. The Balaban J connectivity index is 2.15. The smallest absolute Gasteiger partial charge is 0.251 e. The molecular weight excluding hydrogens is 258 g/mol. The highest BCUT2D eigenvalue weighted by molar-refractivity contribution is 7.09. The first-order valence-corrected chi connectivity index (χ1v) is 6.37. The largest absolute Gasteiger partial charge is 0.347 e. The maximum absolute atomic E-state index is 12.0. The van der Waals surface area contributed by atoms with E-state index in [1.807, 2.05) is 29.7 Å². The van der Waals surface area contributed by atoms with Crippen LogP contribution in [0.4, 0.5) is 0 Å². The minimum Gasteiger partial charge on any atom is -0.347 e. The third-order valence-corrected chi connectivity index (χ3v) is 3.33.